The van der Waals surface area contributed by atoms with Gasteiger partial charge in [-0.15, -0.1) is 0 Å². The fourth-order valence-corrected chi connectivity index (χ4v) is 11.0. The predicted molar refractivity (Wildman–Crippen MR) is 270 cm³/mol. The van der Waals surface area contributed by atoms with Crippen LogP contribution in [0.15, 0.2) is 215 Å². The molecule has 0 spiro atoms. The second kappa shape index (κ2) is 12.6. The Bertz CT molecular complexity index is 4520. The molecule has 0 atom stereocenters. The van der Waals surface area contributed by atoms with E-state index in [4.69, 9.17) is 8.83 Å². The summed E-state index contributed by atoms with van der Waals surface area (Å²) >= 11 is 0. The van der Waals surface area contributed by atoms with Crippen molar-refractivity contribution >= 4 is 109 Å². The van der Waals surface area contributed by atoms with E-state index in [2.05, 4.69) is 152 Å². The molecule has 0 unspecified atom stereocenters. The number of para-hydroxylation sites is 2. The smallest absolute Gasteiger partial charge is 0.135 e. The second-order valence-electron chi connectivity index (χ2n) is 17.3. The van der Waals surface area contributed by atoms with Gasteiger partial charge in [0.2, 0.25) is 0 Å². The minimum absolute atomic E-state index is 0.302. The summed E-state index contributed by atoms with van der Waals surface area (Å²) in [6.45, 7) is 0. The van der Waals surface area contributed by atoms with Crippen molar-refractivity contribution in [2.24, 2.45) is 0 Å². The van der Waals surface area contributed by atoms with Gasteiger partial charge in [-0.05, 0) is 158 Å². The maximum atomic E-state index is 10.8. The lowest BCUT2D eigenvalue weighted by Crippen LogP contribution is -1.95. The van der Waals surface area contributed by atoms with Gasteiger partial charge >= 0.3 is 0 Å². The van der Waals surface area contributed by atoms with Gasteiger partial charge in [0.15, 0.2) is 0 Å². The molecular formula is C62H34O2. The van der Waals surface area contributed by atoms with Gasteiger partial charge in [-0.3, -0.25) is 0 Å². The molecule has 2 heteroatoms. The van der Waals surface area contributed by atoms with Crippen LogP contribution in [0.5, 0.6) is 0 Å². The molecule has 2 aromatic heterocycles. The zero-order chi connectivity index (χ0) is 43.4. The van der Waals surface area contributed by atoms with Crippen molar-refractivity contribution in [1.82, 2.24) is 0 Å². The highest BCUT2D eigenvalue weighted by molar-refractivity contribution is 6.28. The van der Waals surface area contributed by atoms with Gasteiger partial charge in [-0.25, -0.2) is 0 Å². The van der Waals surface area contributed by atoms with Gasteiger partial charge in [-0.2, -0.15) is 0 Å². The van der Waals surface area contributed by atoms with Crippen LogP contribution in [0.2, 0.25) is 0 Å². The maximum absolute atomic E-state index is 10.8. The second-order valence-corrected chi connectivity index (χ2v) is 17.3. The van der Waals surface area contributed by atoms with E-state index in [0.717, 1.165) is 110 Å². The minimum Gasteiger partial charge on any atom is -0.456 e. The molecule has 294 valence electrons. The summed E-state index contributed by atoms with van der Waals surface area (Å²) in [5, 5.41) is 17.9. The number of furan rings is 2. The molecule has 2 nitrogen and oxygen atoms in total. The van der Waals surface area contributed by atoms with E-state index in [0.29, 0.717) is 17.6 Å². The van der Waals surface area contributed by atoms with Crippen molar-refractivity contribution in [3.63, 3.8) is 0 Å². The molecule has 0 aliphatic heterocycles. The van der Waals surface area contributed by atoms with Crippen molar-refractivity contribution in [3.05, 3.63) is 206 Å². The Balaban J connectivity index is 1.15. The van der Waals surface area contributed by atoms with Gasteiger partial charge in [0, 0.05) is 21.5 Å². The zero-order valence-electron chi connectivity index (χ0n) is 36.3. The first-order chi connectivity index (χ1) is 32.6. The van der Waals surface area contributed by atoms with Gasteiger partial charge in [0.05, 0.1) is 2.74 Å². The molecule has 15 rings (SSSR count). The molecule has 0 fully saturated rings. The van der Waals surface area contributed by atoms with Crippen molar-refractivity contribution in [1.29, 1.82) is 0 Å². The average molecular weight is 813 g/mol. The number of fused-ring (bicyclic) bond motifs is 6. The highest BCUT2D eigenvalue weighted by Crippen LogP contribution is 2.50. The normalized spacial score (nSPS) is 12.8. The van der Waals surface area contributed by atoms with E-state index >= 15 is 0 Å². The summed E-state index contributed by atoms with van der Waals surface area (Å²) in [5.41, 5.74) is 9.79. The predicted octanol–water partition coefficient (Wildman–Crippen LogP) is 17.9. The minimum atomic E-state index is 0.302. The number of rotatable bonds is 4. The number of hydrogen-bond acceptors (Lipinski definition) is 2. The Labute approximate surface area is 369 Å². The lowest BCUT2D eigenvalue weighted by Gasteiger charge is -2.22. The molecule has 0 saturated heterocycles. The van der Waals surface area contributed by atoms with Gasteiger partial charge in [-0.1, -0.05) is 158 Å². The molecule has 0 N–H and O–H groups in total. The molecule has 0 aliphatic carbocycles. The summed E-state index contributed by atoms with van der Waals surface area (Å²) in [6, 6.07) is 69.0. The van der Waals surface area contributed by atoms with Gasteiger partial charge in [0.1, 0.15) is 22.3 Å². The van der Waals surface area contributed by atoms with E-state index in [1.54, 1.807) is 0 Å². The van der Waals surface area contributed by atoms with Crippen molar-refractivity contribution in [2.75, 3.05) is 0 Å². The topological polar surface area (TPSA) is 26.3 Å². The van der Waals surface area contributed by atoms with Crippen LogP contribution >= 0.6 is 0 Å². The molecule has 0 amide bonds. The maximum Gasteiger partial charge on any atom is 0.135 e. The molecular weight excluding hydrogens is 777 g/mol. The zero-order valence-corrected chi connectivity index (χ0v) is 34.3. The third kappa shape index (κ3) is 4.69. The Morgan fingerprint density at radius 1 is 0.266 bits per heavy atom. The van der Waals surface area contributed by atoms with Crippen LogP contribution in [0.3, 0.4) is 0 Å². The Hall–Kier alpha value is -8.46. The van der Waals surface area contributed by atoms with Crippen LogP contribution in [0.4, 0.5) is 0 Å². The molecule has 2 heterocycles. The summed E-state index contributed by atoms with van der Waals surface area (Å²) in [5.74, 6) is 0. The molecule has 0 bridgehead atoms. The summed E-state index contributed by atoms with van der Waals surface area (Å²) in [7, 11) is 0. The van der Waals surface area contributed by atoms with Crippen LogP contribution in [0.25, 0.3) is 153 Å². The molecule has 0 aliphatic rings. The highest BCUT2D eigenvalue weighted by atomic mass is 16.3. The number of benzene rings is 13. The van der Waals surface area contributed by atoms with E-state index in [-0.39, 0.29) is 0 Å². The SMILES string of the molecule is [2H]c1c(-c2ccc3ccc4cccc5ccc2c3c45)c([2H])c(-c2ccc3ccc4cccc5ccc2c3c45)c(-c2ccc3oc4ccccc4c3c2)c1-c1ccc2oc3ccccc3c2c1. The largest absolute Gasteiger partial charge is 0.456 e. The van der Waals surface area contributed by atoms with Crippen molar-refractivity contribution in [2.45, 2.75) is 0 Å². The number of hydrogen-bond donors (Lipinski definition) is 0. The van der Waals surface area contributed by atoms with Crippen molar-refractivity contribution in [3.8, 4) is 44.5 Å². The van der Waals surface area contributed by atoms with Crippen LogP contribution in [0.1, 0.15) is 2.74 Å². The van der Waals surface area contributed by atoms with Crippen LogP contribution in [0, 0.1) is 0 Å². The first-order valence-electron chi connectivity index (χ1n) is 22.9. The monoisotopic (exact) mass is 812 g/mol. The Morgan fingerprint density at radius 3 is 1.30 bits per heavy atom. The highest BCUT2D eigenvalue weighted by Gasteiger charge is 2.23. The Kier molecular flexibility index (Phi) is 6.34. The average Bonchev–Trinajstić information content (AvgIpc) is 3.93. The summed E-state index contributed by atoms with van der Waals surface area (Å²) < 4.78 is 34.3. The standard InChI is InChI=1S/C62H34O2/c1-3-13-54-46(11-1)51-31-41(23-29-56(51)63-54)50-33-43(44-25-19-39-17-15-35-7-5-9-37-21-27-48(44)61(39)58(35)37)34-53(60(50)42-24-30-57-52(32-42)47-12-2-4-14-55(47)64-57)45-26-20-40-18-16-36-8-6-10-38-22-28-49(45)62(40)59(36)38/h1-34H/i33D,34D. The van der Waals surface area contributed by atoms with E-state index in [1.165, 1.54) is 37.7 Å². The first kappa shape index (κ1) is 32.3. The van der Waals surface area contributed by atoms with Gasteiger partial charge < -0.3 is 8.83 Å². The van der Waals surface area contributed by atoms with Crippen molar-refractivity contribution < 1.29 is 11.6 Å². The van der Waals surface area contributed by atoms with E-state index in [1.807, 2.05) is 42.5 Å². The van der Waals surface area contributed by atoms with Gasteiger partial charge in [0.25, 0.3) is 0 Å². The first-order valence-corrected chi connectivity index (χ1v) is 21.9. The molecule has 64 heavy (non-hydrogen) atoms. The quantitative estimate of drug-likeness (QED) is 0.166. The fourth-order valence-electron chi connectivity index (χ4n) is 11.0. The van der Waals surface area contributed by atoms with E-state index in [9.17, 15) is 2.74 Å². The van der Waals surface area contributed by atoms with E-state index < -0.39 is 0 Å². The molecule has 0 radical (unpaired) electrons. The van der Waals surface area contributed by atoms with Crippen LogP contribution in [-0.2, 0) is 0 Å². The lowest BCUT2D eigenvalue weighted by molar-refractivity contribution is 0.668. The molecule has 13 aromatic carbocycles. The summed E-state index contributed by atoms with van der Waals surface area (Å²) in [6.07, 6.45) is 0. The fraction of sp³-hybridized carbons (Fsp3) is 0. The molecule has 15 aromatic rings. The summed E-state index contributed by atoms with van der Waals surface area (Å²) in [4.78, 5) is 0. The Morgan fingerprint density at radius 2 is 0.703 bits per heavy atom. The lowest BCUT2D eigenvalue weighted by atomic mass is 9.81. The molecule has 0 saturated carbocycles. The van der Waals surface area contributed by atoms with Crippen LogP contribution < -0.4 is 0 Å². The third-order valence-corrected chi connectivity index (χ3v) is 13.9. The third-order valence-electron chi connectivity index (χ3n) is 13.9. The van der Waals surface area contributed by atoms with Crippen LogP contribution in [-0.4, -0.2) is 0 Å².